The number of aromatic nitrogens is 1. The summed E-state index contributed by atoms with van der Waals surface area (Å²) >= 11 is 0. The number of hydrogen-bond acceptors (Lipinski definition) is 5. The zero-order valence-electron chi connectivity index (χ0n) is 11.8. The van der Waals surface area contributed by atoms with Crippen molar-refractivity contribution in [2.75, 3.05) is 11.9 Å². The van der Waals surface area contributed by atoms with Crippen LogP contribution in [0.4, 0.5) is 11.4 Å². The molecule has 0 atom stereocenters. The highest BCUT2D eigenvalue weighted by molar-refractivity contribution is 5.96. The van der Waals surface area contributed by atoms with Gasteiger partial charge >= 0.3 is 0 Å². The van der Waals surface area contributed by atoms with E-state index in [0.29, 0.717) is 17.7 Å². The Morgan fingerprint density at radius 2 is 2.24 bits per heavy atom. The Kier molecular flexibility index (Phi) is 3.70. The summed E-state index contributed by atoms with van der Waals surface area (Å²) in [5, 5.41) is 15.3. The molecule has 0 saturated heterocycles. The van der Waals surface area contributed by atoms with Gasteiger partial charge in [0.15, 0.2) is 0 Å². The highest BCUT2D eigenvalue weighted by atomic mass is 16.6. The molecule has 1 fully saturated rings. The standard InChI is InChI=1S/C15H17N3O3/c1-2-21-11-8-10(9-11)17-13-6-7-16-15-12(13)4-3-5-14(15)18(19)20/h3-7,10-11H,2,8-9H2,1H3,(H,16,17). The quantitative estimate of drug-likeness (QED) is 0.675. The summed E-state index contributed by atoms with van der Waals surface area (Å²) < 4.78 is 5.54. The molecule has 110 valence electrons. The molecule has 0 bridgehead atoms. The van der Waals surface area contributed by atoms with Gasteiger partial charge in [-0.1, -0.05) is 12.1 Å². The SMILES string of the molecule is CCOC1CC(Nc2ccnc3c([N+](=O)[O-])cccc23)C1. The normalized spacial score (nSPS) is 21.0. The second-order valence-electron chi connectivity index (χ2n) is 5.18. The summed E-state index contributed by atoms with van der Waals surface area (Å²) in [6, 6.07) is 7.24. The summed E-state index contributed by atoms with van der Waals surface area (Å²) in [5.74, 6) is 0. The van der Waals surface area contributed by atoms with Crippen molar-refractivity contribution >= 4 is 22.3 Å². The monoisotopic (exact) mass is 287 g/mol. The number of pyridine rings is 1. The second kappa shape index (κ2) is 5.65. The summed E-state index contributed by atoms with van der Waals surface area (Å²) in [4.78, 5) is 14.8. The van der Waals surface area contributed by atoms with Gasteiger partial charge in [0.25, 0.3) is 5.69 Å². The molecule has 1 aromatic heterocycles. The Morgan fingerprint density at radius 3 is 2.95 bits per heavy atom. The van der Waals surface area contributed by atoms with Gasteiger partial charge in [-0.05, 0) is 25.8 Å². The Balaban J connectivity index is 1.84. The zero-order valence-corrected chi connectivity index (χ0v) is 11.8. The number of nitrogens with one attached hydrogen (secondary N) is 1. The predicted molar refractivity (Wildman–Crippen MR) is 80.5 cm³/mol. The number of nitro benzene ring substituents is 1. The zero-order chi connectivity index (χ0) is 14.8. The van der Waals surface area contributed by atoms with Crippen LogP contribution in [0.15, 0.2) is 30.5 Å². The molecule has 1 heterocycles. The Hall–Kier alpha value is -2.21. The molecule has 1 saturated carbocycles. The van der Waals surface area contributed by atoms with Crippen molar-refractivity contribution in [3.8, 4) is 0 Å². The average molecular weight is 287 g/mol. The number of rotatable bonds is 5. The molecule has 2 aromatic rings. The molecular weight excluding hydrogens is 270 g/mol. The van der Waals surface area contributed by atoms with Crippen molar-refractivity contribution < 1.29 is 9.66 Å². The average Bonchev–Trinajstić information content (AvgIpc) is 2.44. The topological polar surface area (TPSA) is 77.3 Å². The fourth-order valence-corrected chi connectivity index (χ4v) is 2.71. The predicted octanol–water partition coefficient (Wildman–Crippen LogP) is 3.12. The third-order valence-electron chi connectivity index (χ3n) is 3.80. The Bertz CT molecular complexity index is 668. The first kappa shape index (κ1) is 13.8. The number of non-ortho nitro benzene ring substituents is 1. The molecule has 6 nitrogen and oxygen atoms in total. The molecule has 1 aliphatic rings. The lowest BCUT2D eigenvalue weighted by Gasteiger charge is -2.36. The maximum atomic E-state index is 11.1. The number of nitrogens with zero attached hydrogens (tertiary/aromatic N) is 2. The van der Waals surface area contributed by atoms with Crippen LogP contribution in [0.2, 0.25) is 0 Å². The maximum absolute atomic E-state index is 11.1. The molecule has 0 radical (unpaired) electrons. The summed E-state index contributed by atoms with van der Waals surface area (Å²) in [6.45, 7) is 2.73. The van der Waals surface area contributed by atoms with Gasteiger partial charge in [0.2, 0.25) is 0 Å². The third kappa shape index (κ3) is 2.67. The minimum atomic E-state index is -0.395. The van der Waals surface area contributed by atoms with Crippen LogP contribution < -0.4 is 5.32 Å². The van der Waals surface area contributed by atoms with Crippen LogP contribution in [0, 0.1) is 10.1 Å². The van der Waals surface area contributed by atoms with E-state index in [1.807, 2.05) is 19.1 Å². The van der Waals surface area contributed by atoms with Gasteiger partial charge in [0, 0.05) is 36.0 Å². The molecule has 1 aromatic carbocycles. The summed E-state index contributed by atoms with van der Waals surface area (Å²) in [7, 11) is 0. The van der Waals surface area contributed by atoms with Crippen molar-refractivity contribution in [2.24, 2.45) is 0 Å². The van der Waals surface area contributed by atoms with Gasteiger partial charge in [-0.15, -0.1) is 0 Å². The van der Waals surface area contributed by atoms with Gasteiger partial charge in [-0.3, -0.25) is 10.1 Å². The van der Waals surface area contributed by atoms with Crippen LogP contribution >= 0.6 is 0 Å². The lowest BCUT2D eigenvalue weighted by molar-refractivity contribution is -0.383. The molecule has 0 unspecified atom stereocenters. The summed E-state index contributed by atoms with van der Waals surface area (Å²) in [6.07, 6.45) is 3.87. The van der Waals surface area contributed by atoms with Crippen molar-refractivity contribution in [3.63, 3.8) is 0 Å². The minimum Gasteiger partial charge on any atom is -0.382 e. The highest BCUT2D eigenvalue weighted by Crippen LogP contribution is 2.32. The largest absolute Gasteiger partial charge is 0.382 e. The van der Waals surface area contributed by atoms with Gasteiger partial charge in [-0.2, -0.15) is 0 Å². The minimum absolute atomic E-state index is 0.0388. The lowest BCUT2D eigenvalue weighted by Crippen LogP contribution is -2.40. The van der Waals surface area contributed by atoms with E-state index in [4.69, 9.17) is 4.74 Å². The molecule has 1 aliphatic carbocycles. The van der Waals surface area contributed by atoms with Crippen LogP contribution in [0.5, 0.6) is 0 Å². The number of fused-ring (bicyclic) bond motifs is 1. The van der Waals surface area contributed by atoms with Crippen molar-refractivity contribution in [1.29, 1.82) is 0 Å². The number of anilines is 1. The van der Waals surface area contributed by atoms with Crippen molar-refractivity contribution in [1.82, 2.24) is 4.98 Å². The van der Waals surface area contributed by atoms with Gasteiger partial charge in [0.1, 0.15) is 5.52 Å². The summed E-state index contributed by atoms with van der Waals surface area (Å²) in [5.41, 5.74) is 1.36. The van der Waals surface area contributed by atoms with Crippen LogP contribution in [0.25, 0.3) is 10.9 Å². The number of benzene rings is 1. The molecule has 3 rings (SSSR count). The Labute approximate surface area is 122 Å². The molecule has 6 heteroatoms. The third-order valence-corrected chi connectivity index (χ3v) is 3.80. The van der Waals surface area contributed by atoms with Crippen LogP contribution in [0.1, 0.15) is 19.8 Å². The van der Waals surface area contributed by atoms with E-state index >= 15 is 0 Å². The first-order chi connectivity index (χ1) is 10.2. The fourth-order valence-electron chi connectivity index (χ4n) is 2.71. The van der Waals surface area contributed by atoms with Gasteiger partial charge in [-0.25, -0.2) is 4.98 Å². The van der Waals surface area contributed by atoms with Gasteiger partial charge < -0.3 is 10.1 Å². The van der Waals surface area contributed by atoms with E-state index in [9.17, 15) is 10.1 Å². The van der Waals surface area contributed by atoms with Crippen LogP contribution in [0.3, 0.4) is 0 Å². The number of nitro groups is 1. The number of para-hydroxylation sites is 1. The first-order valence-electron chi connectivity index (χ1n) is 7.09. The van der Waals surface area contributed by atoms with Crippen molar-refractivity contribution in [3.05, 3.63) is 40.6 Å². The fraction of sp³-hybridized carbons (Fsp3) is 0.400. The molecule has 1 N–H and O–H groups in total. The van der Waals surface area contributed by atoms with E-state index in [-0.39, 0.29) is 5.69 Å². The van der Waals surface area contributed by atoms with Crippen LogP contribution in [-0.4, -0.2) is 28.7 Å². The number of ether oxygens (including phenoxy) is 1. The molecule has 0 aliphatic heterocycles. The van der Waals surface area contributed by atoms with Crippen molar-refractivity contribution in [2.45, 2.75) is 31.9 Å². The molecule has 0 spiro atoms. The van der Waals surface area contributed by atoms with Crippen LogP contribution in [-0.2, 0) is 4.74 Å². The van der Waals surface area contributed by atoms with E-state index in [2.05, 4.69) is 10.3 Å². The first-order valence-corrected chi connectivity index (χ1v) is 7.09. The molecule has 0 amide bonds. The maximum Gasteiger partial charge on any atom is 0.295 e. The van der Waals surface area contributed by atoms with E-state index in [0.717, 1.165) is 30.5 Å². The van der Waals surface area contributed by atoms with E-state index in [1.54, 1.807) is 12.3 Å². The smallest absolute Gasteiger partial charge is 0.295 e. The van der Waals surface area contributed by atoms with E-state index in [1.165, 1.54) is 6.07 Å². The Morgan fingerprint density at radius 1 is 1.43 bits per heavy atom. The molecule has 21 heavy (non-hydrogen) atoms. The number of hydrogen-bond donors (Lipinski definition) is 1. The lowest BCUT2D eigenvalue weighted by atomic mass is 9.89. The highest BCUT2D eigenvalue weighted by Gasteiger charge is 2.29. The van der Waals surface area contributed by atoms with Gasteiger partial charge in [0.05, 0.1) is 11.0 Å². The second-order valence-corrected chi connectivity index (χ2v) is 5.18. The molecular formula is C15H17N3O3. The van der Waals surface area contributed by atoms with E-state index < -0.39 is 4.92 Å².